The standard InChI is InChI=1S/C25H34N4O3S2/c1-7-8-13-28(6)34(31,32)21-11-9-20(10-12-21)24(30)29(15-14-27(4)5)25-26-23-19(3)16-18(2)17-22(23)33-25/h9-12,16-17H,7-8,13-15H2,1-6H3. The van der Waals surface area contributed by atoms with Crippen LogP contribution in [0, 0.1) is 13.8 Å². The summed E-state index contributed by atoms with van der Waals surface area (Å²) < 4.78 is 28.1. The molecule has 0 unspecified atom stereocenters. The van der Waals surface area contributed by atoms with Crippen molar-refractivity contribution in [3.8, 4) is 0 Å². The van der Waals surface area contributed by atoms with Crippen LogP contribution in [0.15, 0.2) is 41.3 Å². The molecule has 0 saturated heterocycles. The quantitative estimate of drug-likeness (QED) is 0.407. The molecular formula is C25H34N4O3S2. The van der Waals surface area contributed by atoms with Crippen LogP contribution >= 0.6 is 11.3 Å². The Morgan fingerprint density at radius 1 is 1.00 bits per heavy atom. The first-order valence-electron chi connectivity index (χ1n) is 11.5. The van der Waals surface area contributed by atoms with Gasteiger partial charge in [0.1, 0.15) is 0 Å². The van der Waals surface area contributed by atoms with Gasteiger partial charge in [-0.25, -0.2) is 17.7 Å². The Hall–Kier alpha value is -2.33. The lowest BCUT2D eigenvalue weighted by atomic mass is 10.1. The number of anilines is 1. The highest BCUT2D eigenvalue weighted by Gasteiger charge is 2.24. The van der Waals surface area contributed by atoms with Crippen LogP contribution < -0.4 is 4.90 Å². The third-order valence-electron chi connectivity index (χ3n) is 5.70. The molecule has 3 aromatic rings. The number of benzene rings is 2. The van der Waals surface area contributed by atoms with E-state index in [2.05, 4.69) is 19.1 Å². The molecule has 0 bridgehead atoms. The van der Waals surface area contributed by atoms with E-state index in [1.165, 1.54) is 27.8 Å². The van der Waals surface area contributed by atoms with Gasteiger partial charge in [-0.1, -0.05) is 30.7 Å². The molecule has 184 valence electrons. The highest BCUT2D eigenvalue weighted by atomic mass is 32.2. The Morgan fingerprint density at radius 2 is 1.68 bits per heavy atom. The van der Waals surface area contributed by atoms with Gasteiger partial charge >= 0.3 is 0 Å². The van der Waals surface area contributed by atoms with Crippen molar-refractivity contribution in [2.45, 2.75) is 38.5 Å². The zero-order chi connectivity index (χ0) is 25.0. The van der Waals surface area contributed by atoms with Crippen molar-refractivity contribution in [1.82, 2.24) is 14.2 Å². The minimum atomic E-state index is -3.58. The SMILES string of the molecule is CCCCN(C)S(=O)(=O)c1ccc(C(=O)N(CCN(C)C)c2nc3c(C)cc(C)cc3s2)cc1. The van der Waals surface area contributed by atoms with Gasteiger partial charge in [-0.3, -0.25) is 9.69 Å². The fraction of sp³-hybridized carbons (Fsp3) is 0.440. The normalized spacial score (nSPS) is 12.1. The first-order valence-corrected chi connectivity index (χ1v) is 13.7. The van der Waals surface area contributed by atoms with Gasteiger partial charge in [0.15, 0.2) is 5.13 Å². The van der Waals surface area contributed by atoms with Crippen LogP contribution in [-0.2, 0) is 10.0 Å². The van der Waals surface area contributed by atoms with Crippen molar-refractivity contribution in [2.24, 2.45) is 0 Å². The Kier molecular flexibility index (Phi) is 8.46. The van der Waals surface area contributed by atoms with E-state index in [1.807, 2.05) is 32.8 Å². The van der Waals surface area contributed by atoms with Crippen molar-refractivity contribution >= 4 is 42.6 Å². The first-order chi connectivity index (χ1) is 16.0. The topological polar surface area (TPSA) is 73.8 Å². The second-order valence-corrected chi connectivity index (χ2v) is 11.9. The summed E-state index contributed by atoms with van der Waals surface area (Å²) in [4.78, 5) is 22.2. The molecule has 0 aliphatic rings. The van der Waals surface area contributed by atoms with Crippen LogP contribution in [0.25, 0.3) is 10.2 Å². The summed E-state index contributed by atoms with van der Waals surface area (Å²) in [7, 11) is 1.93. The maximum atomic E-state index is 13.5. The van der Waals surface area contributed by atoms with Crippen LogP contribution in [0.5, 0.6) is 0 Å². The number of aromatic nitrogens is 1. The molecule has 3 rings (SSSR count). The van der Waals surface area contributed by atoms with E-state index >= 15 is 0 Å². The number of unbranched alkanes of at least 4 members (excludes halogenated alkanes) is 1. The molecule has 0 spiro atoms. The molecule has 1 heterocycles. The van der Waals surface area contributed by atoms with Crippen molar-refractivity contribution < 1.29 is 13.2 Å². The lowest BCUT2D eigenvalue weighted by Crippen LogP contribution is -2.36. The number of carbonyl (C=O) groups excluding carboxylic acids is 1. The highest BCUT2D eigenvalue weighted by Crippen LogP contribution is 2.32. The maximum absolute atomic E-state index is 13.5. The predicted octanol–water partition coefficient (Wildman–Crippen LogP) is 4.54. The second-order valence-electron chi connectivity index (χ2n) is 8.89. The van der Waals surface area contributed by atoms with E-state index in [9.17, 15) is 13.2 Å². The summed E-state index contributed by atoms with van der Waals surface area (Å²) in [6, 6.07) is 10.4. The maximum Gasteiger partial charge on any atom is 0.260 e. The lowest BCUT2D eigenvalue weighted by Gasteiger charge is -2.22. The second kappa shape index (κ2) is 10.9. The Morgan fingerprint density at radius 3 is 2.29 bits per heavy atom. The number of amides is 1. The van der Waals surface area contributed by atoms with Crippen molar-refractivity contribution in [3.63, 3.8) is 0 Å². The van der Waals surface area contributed by atoms with Crippen molar-refractivity contribution in [3.05, 3.63) is 53.1 Å². The molecule has 34 heavy (non-hydrogen) atoms. The Labute approximate surface area is 207 Å². The van der Waals surface area contributed by atoms with Gasteiger partial charge in [0.2, 0.25) is 10.0 Å². The van der Waals surface area contributed by atoms with Gasteiger partial charge in [-0.15, -0.1) is 0 Å². The molecule has 9 heteroatoms. The number of likely N-dealkylation sites (N-methyl/N-ethyl adjacent to an activating group) is 1. The number of carbonyl (C=O) groups is 1. The van der Waals surface area contributed by atoms with Gasteiger partial charge in [0.25, 0.3) is 5.91 Å². The molecule has 0 saturated carbocycles. The van der Waals surface area contributed by atoms with E-state index < -0.39 is 10.0 Å². The fourth-order valence-electron chi connectivity index (χ4n) is 3.66. The zero-order valence-electron chi connectivity index (χ0n) is 20.8. The van der Waals surface area contributed by atoms with Gasteiger partial charge in [-0.2, -0.15) is 0 Å². The average Bonchev–Trinajstić information content (AvgIpc) is 3.21. The molecule has 0 radical (unpaired) electrons. The summed E-state index contributed by atoms with van der Waals surface area (Å²) in [6.07, 6.45) is 1.72. The van der Waals surface area contributed by atoms with E-state index in [4.69, 9.17) is 4.98 Å². The average molecular weight is 503 g/mol. The number of hydrogen-bond acceptors (Lipinski definition) is 6. The van der Waals surface area contributed by atoms with Crippen LogP contribution in [0.1, 0.15) is 41.3 Å². The van der Waals surface area contributed by atoms with Crippen molar-refractivity contribution in [2.75, 3.05) is 45.7 Å². The molecule has 0 aliphatic heterocycles. The van der Waals surface area contributed by atoms with Crippen LogP contribution in [-0.4, -0.2) is 69.3 Å². The predicted molar refractivity (Wildman–Crippen MR) is 140 cm³/mol. The lowest BCUT2D eigenvalue weighted by molar-refractivity contribution is 0.0985. The van der Waals surface area contributed by atoms with E-state index in [0.29, 0.717) is 30.3 Å². The largest absolute Gasteiger partial charge is 0.308 e. The minimum Gasteiger partial charge on any atom is -0.308 e. The number of rotatable bonds is 10. The van der Waals surface area contributed by atoms with Crippen LogP contribution in [0.2, 0.25) is 0 Å². The fourth-order valence-corrected chi connectivity index (χ4v) is 6.04. The molecule has 0 N–H and O–H groups in total. The van der Waals surface area contributed by atoms with E-state index in [1.54, 1.807) is 24.1 Å². The third kappa shape index (κ3) is 5.83. The number of hydrogen-bond donors (Lipinski definition) is 0. The summed E-state index contributed by atoms with van der Waals surface area (Å²) >= 11 is 1.50. The zero-order valence-corrected chi connectivity index (χ0v) is 22.5. The smallest absolute Gasteiger partial charge is 0.260 e. The number of fused-ring (bicyclic) bond motifs is 1. The molecular weight excluding hydrogens is 468 g/mol. The van der Waals surface area contributed by atoms with Gasteiger partial charge in [0, 0.05) is 32.2 Å². The molecule has 0 aliphatic carbocycles. The molecule has 2 aromatic carbocycles. The van der Waals surface area contributed by atoms with Crippen LogP contribution in [0.4, 0.5) is 5.13 Å². The minimum absolute atomic E-state index is 0.189. The van der Waals surface area contributed by atoms with E-state index in [0.717, 1.165) is 34.2 Å². The summed E-state index contributed by atoms with van der Waals surface area (Å²) in [5, 5.41) is 0.645. The number of aryl methyl sites for hydroxylation is 2. The summed E-state index contributed by atoms with van der Waals surface area (Å²) in [6.45, 7) is 7.72. The van der Waals surface area contributed by atoms with Crippen LogP contribution in [0.3, 0.4) is 0 Å². The number of nitrogens with zero attached hydrogens (tertiary/aromatic N) is 4. The van der Waals surface area contributed by atoms with E-state index in [-0.39, 0.29) is 10.8 Å². The molecule has 1 aromatic heterocycles. The number of sulfonamides is 1. The van der Waals surface area contributed by atoms with Gasteiger partial charge < -0.3 is 4.90 Å². The molecule has 7 nitrogen and oxygen atoms in total. The Balaban J connectivity index is 1.92. The van der Waals surface area contributed by atoms with Gasteiger partial charge in [-0.05, 0) is 75.8 Å². The van der Waals surface area contributed by atoms with Gasteiger partial charge in [0.05, 0.1) is 15.1 Å². The molecule has 0 atom stereocenters. The number of thiazole rings is 1. The third-order valence-corrected chi connectivity index (χ3v) is 8.60. The van der Waals surface area contributed by atoms with Crippen molar-refractivity contribution in [1.29, 1.82) is 0 Å². The first kappa shape index (κ1) is 26.3. The summed E-state index contributed by atoms with van der Waals surface area (Å²) in [5.74, 6) is -0.196. The molecule has 0 fully saturated rings. The monoisotopic (exact) mass is 502 g/mol. The molecule has 1 amide bonds. The Bertz CT molecular complexity index is 1250. The highest BCUT2D eigenvalue weighted by molar-refractivity contribution is 7.89. The summed E-state index contributed by atoms with van der Waals surface area (Å²) in [5.41, 5.74) is 3.58.